The fraction of sp³-hybridized carbons (Fsp3) is 0.200. The standard InChI is InChI=1S/C20H18Cl2N4O4/c1-2-26-19(29)13-5-3-12(10-16(13)25-20(26)30)18(28)24-8-7-23-17(27)11-4-6-14(21)15(22)9-11/h3-6,9-10H,2,7-8H2,1H3,(H,23,27)(H,24,28)(H,25,30). The lowest BCUT2D eigenvalue weighted by Gasteiger charge is -2.09. The molecule has 1 aromatic heterocycles. The summed E-state index contributed by atoms with van der Waals surface area (Å²) in [6, 6.07) is 8.98. The second-order valence-corrected chi connectivity index (χ2v) is 7.20. The fourth-order valence-corrected chi connectivity index (χ4v) is 3.17. The van der Waals surface area contributed by atoms with Crippen molar-refractivity contribution in [2.45, 2.75) is 13.5 Å². The summed E-state index contributed by atoms with van der Waals surface area (Å²) in [6.45, 7) is 2.32. The van der Waals surface area contributed by atoms with Crippen LogP contribution >= 0.6 is 23.2 Å². The van der Waals surface area contributed by atoms with Crippen LogP contribution in [0.25, 0.3) is 10.9 Å². The van der Waals surface area contributed by atoms with Crippen LogP contribution in [0.2, 0.25) is 10.0 Å². The molecule has 0 spiro atoms. The van der Waals surface area contributed by atoms with Gasteiger partial charge in [0.2, 0.25) is 0 Å². The number of carbonyl (C=O) groups excluding carboxylic acids is 2. The zero-order valence-corrected chi connectivity index (χ0v) is 17.4. The van der Waals surface area contributed by atoms with E-state index in [4.69, 9.17) is 23.2 Å². The highest BCUT2D eigenvalue weighted by molar-refractivity contribution is 6.42. The highest BCUT2D eigenvalue weighted by Crippen LogP contribution is 2.22. The number of rotatable bonds is 6. The van der Waals surface area contributed by atoms with Crippen molar-refractivity contribution >= 4 is 45.9 Å². The van der Waals surface area contributed by atoms with Crippen LogP contribution in [0.15, 0.2) is 46.0 Å². The van der Waals surface area contributed by atoms with Gasteiger partial charge in [-0.25, -0.2) is 4.79 Å². The number of halogens is 2. The number of benzene rings is 2. The predicted molar refractivity (Wildman–Crippen MR) is 116 cm³/mol. The summed E-state index contributed by atoms with van der Waals surface area (Å²) in [5, 5.41) is 6.28. The summed E-state index contributed by atoms with van der Waals surface area (Å²) in [5.74, 6) is -0.750. The number of H-pyrrole nitrogens is 1. The van der Waals surface area contributed by atoms with Gasteiger partial charge in [-0.3, -0.25) is 19.0 Å². The number of nitrogens with zero attached hydrogens (tertiary/aromatic N) is 1. The lowest BCUT2D eigenvalue weighted by atomic mass is 10.1. The van der Waals surface area contributed by atoms with E-state index in [9.17, 15) is 19.2 Å². The highest BCUT2D eigenvalue weighted by atomic mass is 35.5. The molecule has 10 heteroatoms. The monoisotopic (exact) mass is 448 g/mol. The Labute approximate surface area is 180 Å². The molecule has 3 rings (SSSR count). The Morgan fingerprint density at radius 2 is 1.53 bits per heavy atom. The molecule has 0 radical (unpaired) electrons. The Bertz CT molecular complexity index is 1250. The van der Waals surface area contributed by atoms with E-state index < -0.39 is 17.2 Å². The average molecular weight is 449 g/mol. The van der Waals surface area contributed by atoms with Crippen molar-refractivity contribution in [3.8, 4) is 0 Å². The van der Waals surface area contributed by atoms with Crippen molar-refractivity contribution in [2.24, 2.45) is 0 Å². The first-order valence-corrected chi connectivity index (χ1v) is 9.85. The van der Waals surface area contributed by atoms with Gasteiger partial charge in [-0.15, -0.1) is 0 Å². The van der Waals surface area contributed by atoms with E-state index in [1.165, 1.54) is 30.3 Å². The lowest BCUT2D eigenvalue weighted by molar-refractivity contribution is 0.0928. The van der Waals surface area contributed by atoms with Gasteiger partial charge < -0.3 is 15.6 Å². The van der Waals surface area contributed by atoms with Crippen molar-refractivity contribution in [3.63, 3.8) is 0 Å². The molecule has 3 N–H and O–H groups in total. The molecule has 0 atom stereocenters. The summed E-state index contributed by atoms with van der Waals surface area (Å²) in [4.78, 5) is 51.3. The molecule has 0 aliphatic rings. The Morgan fingerprint density at radius 3 is 2.13 bits per heavy atom. The molecule has 8 nitrogen and oxygen atoms in total. The molecule has 0 aliphatic carbocycles. The zero-order valence-electron chi connectivity index (χ0n) is 15.9. The van der Waals surface area contributed by atoms with Crippen molar-refractivity contribution < 1.29 is 9.59 Å². The molecule has 0 saturated carbocycles. The molecule has 1 heterocycles. The first-order valence-electron chi connectivity index (χ1n) is 9.10. The summed E-state index contributed by atoms with van der Waals surface area (Å²) in [7, 11) is 0. The normalized spacial score (nSPS) is 10.8. The van der Waals surface area contributed by atoms with E-state index in [0.29, 0.717) is 16.0 Å². The molecule has 0 fully saturated rings. The minimum Gasteiger partial charge on any atom is -0.350 e. The molecule has 3 aromatic rings. The third-order valence-corrected chi connectivity index (χ3v) is 5.18. The average Bonchev–Trinajstić information content (AvgIpc) is 2.72. The number of fused-ring (bicyclic) bond motifs is 1. The van der Waals surface area contributed by atoms with Crippen LogP contribution in [0, 0.1) is 0 Å². The molecule has 0 unspecified atom stereocenters. The Kier molecular flexibility index (Phi) is 6.59. The number of hydrogen-bond donors (Lipinski definition) is 3. The predicted octanol–water partition coefficient (Wildman–Crippen LogP) is 2.18. The maximum Gasteiger partial charge on any atom is 0.328 e. The second kappa shape index (κ2) is 9.15. The smallest absolute Gasteiger partial charge is 0.328 e. The van der Waals surface area contributed by atoms with E-state index in [1.807, 2.05) is 0 Å². The number of nitrogens with one attached hydrogen (secondary N) is 3. The Morgan fingerprint density at radius 1 is 0.933 bits per heavy atom. The second-order valence-electron chi connectivity index (χ2n) is 6.38. The first-order chi connectivity index (χ1) is 14.3. The van der Waals surface area contributed by atoms with Gasteiger partial charge in [0.05, 0.1) is 20.9 Å². The zero-order chi connectivity index (χ0) is 21.8. The quantitative estimate of drug-likeness (QED) is 0.501. The lowest BCUT2D eigenvalue weighted by Crippen LogP contribution is -2.35. The van der Waals surface area contributed by atoms with E-state index >= 15 is 0 Å². The number of hydrogen-bond acceptors (Lipinski definition) is 4. The summed E-state index contributed by atoms with van der Waals surface area (Å²) in [6.07, 6.45) is 0. The van der Waals surface area contributed by atoms with Gasteiger partial charge >= 0.3 is 5.69 Å². The molecule has 2 amide bonds. The molecule has 0 saturated heterocycles. The van der Waals surface area contributed by atoms with Gasteiger partial charge in [-0.1, -0.05) is 23.2 Å². The fourth-order valence-electron chi connectivity index (χ4n) is 2.88. The van der Waals surface area contributed by atoms with Gasteiger partial charge in [0.15, 0.2) is 0 Å². The van der Waals surface area contributed by atoms with E-state index in [2.05, 4.69) is 15.6 Å². The molecule has 156 valence electrons. The third-order valence-electron chi connectivity index (χ3n) is 4.44. The van der Waals surface area contributed by atoms with Crippen LogP contribution in [0.5, 0.6) is 0 Å². The van der Waals surface area contributed by atoms with E-state index in [1.54, 1.807) is 13.0 Å². The topological polar surface area (TPSA) is 113 Å². The number of amides is 2. The number of aromatic nitrogens is 2. The SMILES string of the molecule is CCn1c(=O)[nH]c2cc(C(=O)NCCNC(=O)c3ccc(Cl)c(Cl)c3)ccc2c1=O. The van der Waals surface area contributed by atoms with Crippen LogP contribution < -0.4 is 21.9 Å². The maximum atomic E-state index is 12.3. The van der Waals surface area contributed by atoms with Gasteiger partial charge in [-0.2, -0.15) is 0 Å². The highest BCUT2D eigenvalue weighted by Gasteiger charge is 2.11. The largest absolute Gasteiger partial charge is 0.350 e. The molecule has 30 heavy (non-hydrogen) atoms. The van der Waals surface area contributed by atoms with Crippen molar-refractivity contribution in [3.05, 3.63) is 78.4 Å². The summed E-state index contributed by atoms with van der Waals surface area (Å²) in [5.41, 5.74) is -0.0179. The summed E-state index contributed by atoms with van der Waals surface area (Å²) < 4.78 is 1.08. The molecule has 0 aliphatic heterocycles. The minimum atomic E-state index is -0.530. The Hall–Kier alpha value is -3.10. The van der Waals surface area contributed by atoms with Crippen LogP contribution in [0.3, 0.4) is 0 Å². The third kappa shape index (κ3) is 4.55. The van der Waals surface area contributed by atoms with Crippen molar-refractivity contribution in [2.75, 3.05) is 13.1 Å². The molecule has 0 bridgehead atoms. The first kappa shape index (κ1) is 21.6. The Balaban J connectivity index is 1.61. The van der Waals surface area contributed by atoms with Gasteiger partial charge in [0.1, 0.15) is 0 Å². The molecular weight excluding hydrogens is 431 g/mol. The molecular formula is C20H18Cl2N4O4. The van der Waals surface area contributed by atoms with E-state index in [0.717, 1.165) is 4.57 Å². The minimum absolute atomic E-state index is 0.178. The van der Waals surface area contributed by atoms with Gasteiger partial charge in [0, 0.05) is 30.8 Å². The van der Waals surface area contributed by atoms with Crippen molar-refractivity contribution in [1.29, 1.82) is 0 Å². The van der Waals surface area contributed by atoms with Gasteiger partial charge in [0.25, 0.3) is 17.4 Å². The van der Waals surface area contributed by atoms with Crippen LogP contribution in [-0.2, 0) is 6.54 Å². The van der Waals surface area contributed by atoms with E-state index in [-0.39, 0.29) is 41.6 Å². The van der Waals surface area contributed by atoms with Gasteiger partial charge in [-0.05, 0) is 43.3 Å². The molecule has 2 aromatic carbocycles. The number of carbonyl (C=O) groups is 2. The van der Waals surface area contributed by atoms with Crippen LogP contribution in [0.1, 0.15) is 27.6 Å². The van der Waals surface area contributed by atoms with Crippen LogP contribution in [-0.4, -0.2) is 34.5 Å². The van der Waals surface area contributed by atoms with Crippen molar-refractivity contribution in [1.82, 2.24) is 20.2 Å². The summed E-state index contributed by atoms with van der Waals surface area (Å²) >= 11 is 11.7. The number of aromatic amines is 1. The maximum absolute atomic E-state index is 12.3. The van der Waals surface area contributed by atoms with Crippen LogP contribution in [0.4, 0.5) is 0 Å².